The number of sulfone groups is 1. The molecule has 3 amide bonds. The van der Waals surface area contributed by atoms with Crippen molar-refractivity contribution in [1.82, 2.24) is 15.5 Å². The first kappa shape index (κ1) is 33.6. The molecule has 1 saturated carbocycles. The number of carbonyl (C=O) groups excluding carboxylic acids is 4. The third-order valence-electron chi connectivity index (χ3n) is 8.77. The van der Waals surface area contributed by atoms with Crippen LogP contribution in [0.25, 0.3) is 0 Å². The van der Waals surface area contributed by atoms with Gasteiger partial charge in [0, 0.05) is 18.1 Å². The number of nitrogens with one attached hydrogen (secondary N) is 2. The van der Waals surface area contributed by atoms with Gasteiger partial charge in [0.15, 0.2) is 9.84 Å². The lowest BCUT2D eigenvalue weighted by molar-refractivity contribution is -0.143. The Balaban J connectivity index is 1.35. The van der Waals surface area contributed by atoms with Gasteiger partial charge in [-0.15, -0.1) is 0 Å². The normalized spacial score (nSPS) is 19.2. The summed E-state index contributed by atoms with van der Waals surface area (Å²) in [5, 5.41) is 4.69. The van der Waals surface area contributed by atoms with Crippen molar-refractivity contribution in [1.29, 1.82) is 0 Å². The van der Waals surface area contributed by atoms with Crippen LogP contribution in [0.1, 0.15) is 43.7 Å². The molecule has 1 heterocycles. The van der Waals surface area contributed by atoms with Crippen LogP contribution in [0.5, 0.6) is 0 Å². The van der Waals surface area contributed by atoms with E-state index in [1.165, 1.54) is 17.0 Å². The van der Waals surface area contributed by atoms with E-state index in [0.717, 1.165) is 11.1 Å². The van der Waals surface area contributed by atoms with Crippen molar-refractivity contribution >= 4 is 56.5 Å². The fraction of sp³-hybridized carbons (Fsp3) is 0.353. The van der Waals surface area contributed by atoms with Crippen LogP contribution >= 0.6 is 23.2 Å². The summed E-state index contributed by atoms with van der Waals surface area (Å²) in [4.78, 5) is 55.1. The number of Topliss-reactive ketones (excluding diaryl/α,β-unsaturated/α-hetero) is 1. The first-order valence-corrected chi connectivity index (χ1v) is 17.5. The minimum atomic E-state index is -4.05. The molecule has 0 spiro atoms. The highest BCUT2D eigenvalue weighted by molar-refractivity contribution is 7.92. The van der Waals surface area contributed by atoms with Gasteiger partial charge in [-0.2, -0.15) is 0 Å². The smallest absolute Gasteiger partial charge is 0.289 e. The molecule has 9 nitrogen and oxygen atoms in total. The highest BCUT2D eigenvalue weighted by Gasteiger charge is 2.57. The lowest BCUT2D eigenvalue weighted by Gasteiger charge is -2.29. The Bertz CT molecular complexity index is 1730. The number of benzene rings is 3. The van der Waals surface area contributed by atoms with Crippen LogP contribution in [0.3, 0.4) is 0 Å². The predicted molar refractivity (Wildman–Crippen MR) is 175 cm³/mol. The third kappa shape index (κ3) is 6.99. The summed E-state index contributed by atoms with van der Waals surface area (Å²) in [6, 6.07) is 20.1. The van der Waals surface area contributed by atoms with E-state index in [1.54, 1.807) is 43.3 Å². The number of hydrogen-bond donors (Lipinski definition) is 2. The molecule has 0 aromatic heterocycles. The van der Waals surface area contributed by atoms with Gasteiger partial charge >= 0.3 is 0 Å². The first-order chi connectivity index (χ1) is 22.0. The zero-order chi connectivity index (χ0) is 33.1. The van der Waals surface area contributed by atoms with Crippen molar-refractivity contribution in [3.8, 4) is 0 Å². The SMILES string of the molecule is CCC(NC(=O)[C@@H]1C[C@@H](S(=O)(=O)c2ccccc2Cl)CN1C(=O)C1(c2ccc(Cl)cc2)CC1)C(=O)C(=O)NCCc1ccccc1. The molecule has 2 N–H and O–H groups in total. The third-order valence-corrected chi connectivity index (χ3v) is 11.7. The Morgan fingerprint density at radius 3 is 2.22 bits per heavy atom. The number of nitrogens with zero attached hydrogens (tertiary/aromatic N) is 1. The Hall–Kier alpha value is -3.73. The fourth-order valence-electron chi connectivity index (χ4n) is 5.98. The van der Waals surface area contributed by atoms with E-state index in [1.807, 2.05) is 30.3 Å². The van der Waals surface area contributed by atoms with E-state index >= 15 is 0 Å². The largest absolute Gasteiger partial charge is 0.349 e. The zero-order valence-corrected chi connectivity index (χ0v) is 27.6. The highest BCUT2D eigenvalue weighted by atomic mass is 35.5. The van der Waals surface area contributed by atoms with Gasteiger partial charge in [0.1, 0.15) is 6.04 Å². The van der Waals surface area contributed by atoms with Crippen molar-refractivity contribution in [2.24, 2.45) is 0 Å². The molecule has 242 valence electrons. The number of likely N-dealkylation sites (tertiary alicyclic amines) is 1. The second-order valence-electron chi connectivity index (χ2n) is 11.7. The Morgan fingerprint density at radius 2 is 1.59 bits per heavy atom. The molecule has 1 saturated heterocycles. The van der Waals surface area contributed by atoms with Gasteiger partial charge < -0.3 is 15.5 Å². The molecule has 2 fully saturated rings. The molecule has 0 radical (unpaired) electrons. The topological polar surface area (TPSA) is 130 Å². The van der Waals surface area contributed by atoms with Crippen molar-refractivity contribution < 1.29 is 27.6 Å². The van der Waals surface area contributed by atoms with E-state index < -0.39 is 50.2 Å². The minimum Gasteiger partial charge on any atom is -0.349 e. The summed E-state index contributed by atoms with van der Waals surface area (Å²) < 4.78 is 27.5. The fourth-order valence-corrected chi connectivity index (χ4v) is 8.32. The average molecular weight is 685 g/mol. The molecule has 46 heavy (non-hydrogen) atoms. The van der Waals surface area contributed by atoms with E-state index in [4.69, 9.17) is 23.2 Å². The average Bonchev–Trinajstić information content (AvgIpc) is 3.74. The lowest BCUT2D eigenvalue weighted by Crippen LogP contribution is -2.54. The molecular formula is C34H35Cl2N3O6S. The van der Waals surface area contributed by atoms with Crippen LogP contribution in [-0.4, -0.2) is 67.2 Å². The summed E-state index contributed by atoms with van der Waals surface area (Å²) >= 11 is 12.3. The van der Waals surface area contributed by atoms with E-state index in [-0.39, 0.29) is 41.8 Å². The molecule has 1 unspecified atom stereocenters. The minimum absolute atomic E-state index is 0.0445. The zero-order valence-electron chi connectivity index (χ0n) is 25.2. The lowest BCUT2D eigenvalue weighted by atomic mass is 9.94. The maximum atomic E-state index is 14.2. The van der Waals surface area contributed by atoms with Crippen LogP contribution in [0.2, 0.25) is 10.0 Å². The number of amides is 3. The van der Waals surface area contributed by atoms with Gasteiger partial charge in [-0.3, -0.25) is 19.2 Å². The Kier molecular flexibility index (Phi) is 10.2. The van der Waals surface area contributed by atoms with Crippen LogP contribution in [0.4, 0.5) is 0 Å². The quantitative estimate of drug-likeness (QED) is 0.274. The van der Waals surface area contributed by atoms with Crippen LogP contribution in [-0.2, 0) is 40.9 Å². The highest BCUT2D eigenvalue weighted by Crippen LogP contribution is 2.51. The number of halogens is 2. The standard InChI is InChI=1S/C34H35Cl2N3O6S/c1-2-27(30(40)32(42)37-19-16-22-8-4-3-5-9-22)38-31(41)28-20-25(46(44,45)29-11-7-6-10-26(29)36)21-39(28)33(43)34(17-18-34)23-12-14-24(35)15-13-23/h3-15,25,27-28H,2,16-21H2,1H3,(H,37,42)(H,38,41)/t25-,27?,28+/m1/s1. The van der Waals surface area contributed by atoms with Gasteiger partial charge in [-0.1, -0.05) is 84.7 Å². The predicted octanol–water partition coefficient (Wildman–Crippen LogP) is 4.29. The second kappa shape index (κ2) is 13.9. The molecule has 2 aliphatic rings. The maximum absolute atomic E-state index is 14.2. The van der Waals surface area contributed by atoms with Gasteiger partial charge in [0.05, 0.1) is 26.6 Å². The summed E-state index contributed by atoms with van der Waals surface area (Å²) in [6.45, 7) is 1.66. The Morgan fingerprint density at radius 1 is 0.935 bits per heavy atom. The van der Waals surface area contributed by atoms with E-state index in [2.05, 4.69) is 10.6 Å². The molecule has 3 aromatic carbocycles. The van der Waals surface area contributed by atoms with Crippen LogP contribution in [0.15, 0.2) is 83.8 Å². The van der Waals surface area contributed by atoms with Crippen molar-refractivity contribution in [2.75, 3.05) is 13.1 Å². The Labute approximate surface area is 278 Å². The van der Waals surface area contributed by atoms with Gasteiger partial charge in [-0.05, 0) is 67.5 Å². The summed E-state index contributed by atoms with van der Waals surface area (Å²) in [6.07, 6.45) is 1.50. The number of hydrogen-bond acceptors (Lipinski definition) is 6. The number of rotatable bonds is 12. The van der Waals surface area contributed by atoms with E-state index in [9.17, 15) is 27.6 Å². The molecule has 5 rings (SSSR count). The van der Waals surface area contributed by atoms with Gasteiger partial charge in [0.25, 0.3) is 5.91 Å². The monoisotopic (exact) mass is 683 g/mol. The van der Waals surface area contributed by atoms with Crippen molar-refractivity contribution in [3.63, 3.8) is 0 Å². The first-order valence-electron chi connectivity index (χ1n) is 15.2. The molecule has 12 heteroatoms. The van der Waals surface area contributed by atoms with Gasteiger partial charge in [0.2, 0.25) is 17.6 Å². The van der Waals surface area contributed by atoms with Crippen molar-refractivity contribution in [2.45, 2.75) is 66.7 Å². The molecular weight excluding hydrogens is 649 g/mol. The van der Waals surface area contributed by atoms with E-state index in [0.29, 0.717) is 24.3 Å². The molecule has 0 bridgehead atoms. The number of ketones is 1. The molecule has 3 atom stereocenters. The summed E-state index contributed by atoms with van der Waals surface area (Å²) in [5.41, 5.74) is 0.812. The molecule has 1 aliphatic heterocycles. The van der Waals surface area contributed by atoms with Crippen LogP contribution in [0, 0.1) is 0 Å². The van der Waals surface area contributed by atoms with Crippen LogP contribution < -0.4 is 10.6 Å². The van der Waals surface area contributed by atoms with Crippen molar-refractivity contribution in [3.05, 3.63) is 100 Å². The molecule has 1 aliphatic carbocycles. The maximum Gasteiger partial charge on any atom is 0.289 e. The summed E-state index contributed by atoms with van der Waals surface area (Å²) in [5.74, 6) is -2.72. The summed E-state index contributed by atoms with van der Waals surface area (Å²) in [7, 11) is -4.05. The van der Waals surface area contributed by atoms with Gasteiger partial charge in [-0.25, -0.2) is 8.42 Å². The number of carbonyl (C=O) groups is 4. The molecule has 3 aromatic rings. The second-order valence-corrected chi connectivity index (χ2v) is 14.8.